The van der Waals surface area contributed by atoms with Crippen molar-refractivity contribution in [1.29, 1.82) is 0 Å². The van der Waals surface area contributed by atoms with E-state index < -0.39 is 0 Å². The van der Waals surface area contributed by atoms with Gasteiger partial charge in [-0.2, -0.15) is 4.98 Å². The molecule has 1 aliphatic heterocycles. The molecule has 154 valence electrons. The Hall–Kier alpha value is -3.60. The maximum absolute atomic E-state index is 13.1. The maximum atomic E-state index is 13.1. The summed E-state index contributed by atoms with van der Waals surface area (Å²) in [6.45, 7) is 2.23. The largest absolute Gasteiger partial charge is 0.382 e. The molecule has 0 radical (unpaired) electrons. The highest BCUT2D eigenvalue weighted by molar-refractivity contribution is 5.60. The van der Waals surface area contributed by atoms with Gasteiger partial charge in [0.15, 0.2) is 17.2 Å². The van der Waals surface area contributed by atoms with Crippen LogP contribution in [0.3, 0.4) is 0 Å². The lowest BCUT2D eigenvalue weighted by Crippen LogP contribution is -2.24. The van der Waals surface area contributed by atoms with Crippen LogP contribution >= 0.6 is 0 Å². The van der Waals surface area contributed by atoms with Crippen molar-refractivity contribution in [1.82, 2.24) is 29.5 Å². The molecule has 1 saturated heterocycles. The summed E-state index contributed by atoms with van der Waals surface area (Å²) in [5, 5.41) is 12.2. The first-order chi connectivity index (χ1) is 14.5. The third-order valence-corrected chi connectivity index (χ3v) is 5.30. The Balaban J connectivity index is 1.33. The lowest BCUT2D eigenvalue weighted by Gasteiger charge is -2.08. The molecular weight excluding hydrogens is 393 g/mol. The first kappa shape index (κ1) is 18.4. The van der Waals surface area contributed by atoms with E-state index >= 15 is 0 Å². The summed E-state index contributed by atoms with van der Waals surface area (Å²) < 4.78 is 26.9. The zero-order valence-corrected chi connectivity index (χ0v) is 16.0. The molecule has 5 rings (SSSR count). The fraction of sp³-hybridized carbons (Fsp3) is 0.316. The van der Waals surface area contributed by atoms with Crippen molar-refractivity contribution in [2.75, 3.05) is 12.3 Å². The van der Waals surface area contributed by atoms with Gasteiger partial charge < -0.3 is 15.0 Å². The van der Waals surface area contributed by atoms with E-state index in [1.54, 1.807) is 19.1 Å². The standard InChI is InChI=1S/C19H18FN7O3/c1-10-16-19(28)26(9-22-27(16)24-17(10)21)7-15-23-18(25-30-15)12-6-14(29-8-12)11-2-4-13(20)5-3-11/h2-5,9,12,14H,6-8H2,1H3,(H2,21,24)/t12-,14+/m0/s1. The van der Waals surface area contributed by atoms with Gasteiger partial charge in [0.2, 0.25) is 5.89 Å². The van der Waals surface area contributed by atoms with Gasteiger partial charge in [-0.25, -0.2) is 4.39 Å². The predicted molar refractivity (Wildman–Crippen MR) is 102 cm³/mol. The van der Waals surface area contributed by atoms with Crippen LogP contribution in [0.25, 0.3) is 5.52 Å². The number of halogens is 1. The van der Waals surface area contributed by atoms with E-state index in [0.717, 1.165) is 5.56 Å². The number of fused-ring (bicyclic) bond motifs is 1. The number of rotatable bonds is 4. The summed E-state index contributed by atoms with van der Waals surface area (Å²) in [7, 11) is 0. The number of anilines is 1. The monoisotopic (exact) mass is 411 g/mol. The van der Waals surface area contributed by atoms with Crippen LogP contribution in [-0.2, 0) is 11.3 Å². The Morgan fingerprint density at radius 1 is 1.30 bits per heavy atom. The van der Waals surface area contributed by atoms with Gasteiger partial charge >= 0.3 is 0 Å². The molecule has 0 aliphatic carbocycles. The van der Waals surface area contributed by atoms with Gasteiger partial charge in [-0.3, -0.25) is 9.36 Å². The highest BCUT2D eigenvalue weighted by atomic mass is 19.1. The zero-order valence-electron chi connectivity index (χ0n) is 16.0. The lowest BCUT2D eigenvalue weighted by atomic mass is 10.00. The van der Waals surface area contributed by atoms with E-state index in [4.69, 9.17) is 15.0 Å². The van der Waals surface area contributed by atoms with Crippen LogP contribution in [-0.4, -0.2) is 36.1 Å². The van der Waals surface area contributed by atoms with Gasteiger partial charge in [0.05, 0.1) is 12.7 Å². The molecule has 4 heterocycles. The maximum Gasteiger partial charge on any atom is 0.280 e. The van der Waals surface area contributed by atoms with Gasteiger partial charge in [-0.15, -0.1) is 14.8 Å². The molecule has 10 nitrogen and oxygen atoms in total. The van der Waals surface area contributed by atoms with Crippen molar-refractivity contribution in [2.24, 2.45) is 0 Å². The third kappa shape index (κ3) is 3.12. The Morgan fingerprint density at radius 3 is 2.90 bits per heavy atom. The number of hydrogen-bond donors (Lipinski definition) is 1. The van der Waals surface area contributed by atoms with Crippen molar-refractivity contribution >= 4 is 11.3 Å². The van der Waals surface area contributed by atoms with Crippen LogP contribution in [0.2, 0.25) is 0 Å². The fourth-order valence-corrected chi connectivity index (χ4v) is 3.60. The molecular formula is C19H18FN7O3. The Labute approximate surface area is 169 Å². The SMILES string of the molecule is Cc1c(N)nn2ncn(Cc3nc([C@@H]4CO[C@@H](c5ccc(F)cc5)C4)no3)c(=O)c12. The second-order valence-electron chi connectivity index (χ2n) is 7.26. The number of nitrogen functional groups attached to an aromatic ring is 1. The first-order valence-electron chi connectivity index (χ1n) is 9.39. The van der Waals surface area contributed by atoms with Crippen molar-refractivity contribution < 1.29 is 13.7 Å². The van der Waals surface area contributed by atoms with Crippen molar-refractivity contribution in [3.05, 3.63) is 69.6 Å². The van der Waals surface area contributed by atoms with Gasteiger partial charge in [0, 0.05) is 11.5 Å². The van der Waals surface area contributed by atoms with Crippen molar-refractivity contribution in [3.63, 3.8) is 0 Å². The van der Waals surface area contributed by atoms with Crippen LogP contribution in [0.15, 0.2) is 39.9 Å². The van der Waals surface area contributed by atoms with E-state index in [-0.39, 0.29) is 41.7 Å². The molecule has 11 heteroatoms. The number of nitrogens with two attached hydrogens (primary N) is 1. The second-order valence-corrected chi connectivity index (χ2v) is 7.26. The minimum atomic E-state index is -0.299. The van der Waals surface area contributed by atoms with Crippen molar-refractivity contribution in [2.45, 2.75) is 31.9 Å². The Morgan fingerprint density at radius 2 is 2.10 bits per heavy atom. The van der Waals surface area contributed by atoms with E-state index in [2.05, 4.69) is 20.3 Å². The van der Waals surface area contributed by atoms with Crippen LogP contribution in [0.5, 0.6) is 0 Å². The summed E-state index contributed by atoms with van der Waals surface area (Å²) in [4.78, 5) is 17.2. The number of aromatic nitrogens is 6. The molecule has 2 N–H and O–H groups in total. The minimum absolute atomic E-state index is 0.0493. The molecule has 1 aliphatic rings. The number of aryl methyl sites for hydroxylation is 1. The zero-order chi connectivity index (χ0) is 20.8. The average Bonchev–Trinajstić information content (AvgIpc) is 3.45. The van der Waals surface area contributed by atoms with Gasteiger partial charge in [-0.1, -0.05) is 17.3 Å². The van der Waals surface area contributed by atoms with Crippen molar-refractivity contribution in [3.8, 4) is 0 Å². The molecule has 1 fully saturated rings. The first-order valence-corrected chi connectivity index (χ1v) is 9.39. The van der Waals surface area contributed by atoms with Gasteiger partial charge in [0.25, 0.3) is 5.56 Å². The van der Waals surface area contributed by atoms with E-state index in [1.807, 2.05) is 0 Å². The normalized spacial score (nSPS) is 19.0. The molecule has 0 saturated carbocycles. The molecule has 30 heavy (non-hydrogen) atoms. The van der Waals surface area contributed by atoms with Crippen LogP contribution < -0.4 is 11.3 Å². The highest BCUT2D eigenvalue weighted by Crippen LogP contribution is 2.37. The van der Waals surface area contributed by atoms with E-state index in [0.29, 0.717) is 29.9 Å². The van der Waals surface area contributed by atoms with Gasteiger partial charge in [0.1, 0.15) is 18.7 Å². The predicted octanol–water partition coefficient (Wildman–Crippen LogP) is 1.60. The number of nitrogens with zero attached hydrogens (tertiary/aromatic N) is 6. The summed E-state index contributed by atoms with van der Waals surface area (Å²) >= 11 is 0. The summed E-state index contributed by atoms with van der Waals surface area (Å²) in [6.07, 6.45) is 1.86. The van der Waals surface area contributed by atoms with E-state index in [9.17, 15) is 9.18 Å². The summed E-state index contributed by atoms with van der Waals surface area (Å²) in [6, 6.07) is 6.25. The molecule has 3 aromatic heterocycles. The average molecular weight is 411 g/mol. The quantitative estimate of drug-likeness (QED) is 0.537. The van der Waals surface area contributed by atoms with Crippen LogP contribution in [0, 0.1) is 12.7 Å². The summed E-state index contributed by atoms with van der Waals surface area (Å²) in [5.41, 5.74) is 7.25. The molecule has 0 bridgehead atoms. The van der Waals surface area contributed by atoms with Gasteiger partial charge in [-0.05, 0) is 31.0 Å². The van der Waals surface area contributed by atoms with Crippen LogP contribution in [0.1, 0.15) is 41.3 Å². The second kappa shape index (κ2) is 7.02. The number of benzene rings is 1. The number of hydrogen-bond acceptors (Lipinski definition) is 8. The number of ether oxygens (including phenoxy) is 1. The molecule has 4 aromatic rings. The summed E-state index contributed by atoms with van der Waals surface area (Å²) in [5.74, 6) is 0.726. The molecule has 2 atom stereocenters. The molecule has 0 amide bonds. The third-order valence-electron chi connectivity index (χ3n) is 5.30. The van der Waals surface area contributed by atoms with Crippen LogP contribution in [0.4, 0.5) is 10.2 Å². The fourth-order valence-electron chi connectivity index (χ4n) is 3.60. The Bertz CT molecular complexity index is 1280. The highest BCUT2D eigenvalue weighted by Gasteiger charge is 2.31. The molecule has 0 spiro atoms. The lowest BCUT2D eigenvalue weighted by molar-refractivity contribution is 0.110. The minimum Gasteiger partial charge on any atom is -0.382 e. The smallest absolute Gasteiger partial charge is 0.280 e. The topological polar surface area (TPSA) is 126 Å². The molecule has 1 aromatic carbocycles. The Kier molecular flexibility index (Phi) is 4.31. The molecule has 0 unspecified atom stereocenters. The van der Waals surface area contributed by atoms with E-state index in [1.165, 1.54) is 27.7 Å².